The van der Waals surface area contributed by atoms with Crippen LogP contribution in [-0.2, 0) is 6.18 Å². The Kier molecular flexibility index (Phi) is 5.13. The standard InChI is InChI=1S/C16H15F4N5O2/c17-12-7-11(16(18,19)20)1-2-13(12)24-3-5-25(6-4-24)15-21-8-10(9-22-15)14(26)23-27/h1-2,7-9,27H,3-6H2,(H,23,26). The molecular formula is C16H15F4N5O2. The first-order valence-electron chi connectivity index (χ1n) is 7.92. The minimum absolute atomic E-state index is 0.0895. The van der Waals surface area contributed by atoms with Gasteiger partial charge >= 0.3 is 6.18 Å². The number of aromatic nitrogens is 2. The molecule has 0 bridgehead atoms. The summed E-state index contributed by atoms with van der Waals surface area (Å²) in [6.07, 6.45) is -2.07. The number of halogens is 4. The Balaban J connectivity index is 1.66. The summed E-state index contributed by atoms with van der Waals surface area (Å²) in [4.78, 5) is 22.8. The third-order valence-corrected chi connectivity index (χ3v) is 4.18. The normalized spacial score (nSPS) is 15.0. The maximum Gasteiger partial charge on any atom is 0.416 e. The van der Waals surface area contributed by atoms with Gasteiger partial charge in [0.05, 0.1) is 16.8 Å². The van der Waals surface area contributed by atoms with Gasteiger partial charge in [-0.3, -0.25) is 10.0 Å². The molecule has 0 unspecified atom stereocenters. The van der Waals surface area contributed by atoms with Crippen LogP contribution in [0.1, 0.15) is 15.9 Å². The second-order valence-electron chi connectivity index (χ2n) is 5.85. The van der Waals surface area contributed by atoms with Crippen LogP contribution in [0, 0.1) is 5.82 Å². The van der Waals surface area contributed by atoms with Crippen molar-refractivity contribution in [2.75, 3.05) is 36.0 Å². The van der Waals surface area contributed by atoms with E-state index in [1.165, 1.54) is 17.9 Å². The fourth-order valence-electron chi connectivity index (χ4n) is 2.75. The van der Waals surface area contributed by atoms with E-state index in [-0.39, 0.29) is 11.3 Å². The number of amides is 1. The van der Waals surface area contributed by atoms with Gasteiger partial charge in [0.1, 0.15) is 5.82 Å². The molecule has 0 aliphatic carbocycles. The highest BCUT2D eigenvalue weighted by Crippen LogP contribution is 2.32. The van der Waals surface area contributed by atoms with Gasteiger partial charge in [-0.25, -0.2) is 19.8 Å². The number of anilines is 2. The first-order chi connectivity index (χ1) is 12.8. The first-order valence-corrected chi connectivity index (χ1v) is 7.92. The van der Waals surface area contributed by atoms with Crippen LogP contribution in [-0.4, -0.2) is 47.3 Å². The monoisotopic (exact) mass is 385 g/mol. The fraction of sp³-hybridized carbons (Fsp3) is 0.312. The van der Waals surface area contributed by atoms with Gasteiger partial charge in [-0.05, 0) is 18.2 Å². The van der Waals surface area contributed by atoms with Gasteiger partial charge in [-0.15, -0.1) is 0 Å². The highest BCUT2D eigenvalue weighted by molar-refractivity contribution is 5.92. The molecule has 3 rings (SSSR count). The SMILES string of the molecule is O=C(NO)c1cnc(N2CCN(c3ccc(C(F)(F)F)cc3F)CC2)nc1. The van der Waals surface area contributed by atoms with Crippen molar-refractivity contribution in [3.8, 4) is 0 Å². The topological polar surface area (TPSA) is 81.6 Å². The summed E-state index contributed by atoms with van der Waals surface area (Å²) in [7, 11) is 0. The second-order valence-corrected chi connectivity index (χ2v) is 5.85. The Morgan fingerprint density at radius 3 is 2.19 bits per heavy atom. The number of alkyl halides is 3. The number of hydrogen-bond donors (Lipinski definition) is 2. The summed E-state index contributed by atoms with van der Waals surface area (Å²) in [5.41, 5.74) is 0.652. The molecule has 1 aromatic carbocycles. The molecule has 2 heterocycles. The average molecular weight is 385 g/mol. The molecule has 0 radical (unpaired) electrons. The van der Waals surface area contributed by atoms with Crippen molar-refractivity contribution in [1.29, 1.82) is 0 Å². The van der Waals surface area contributed by atoms with Crippen LogP contribution < -0.4 is 15.3 Å². The minimum atomic E-state index is -4.59. The molecule has 1 aliphatic rings. The van der Waals surface area contributed by atoms with E-state index in [1.54, 1.807) is 9.80 Å². The van der Waals surface area contributed by atoms with Crippen molar-refractivity contribution in [2.24, 2.45) is 0 Å². The van der Waals surface area contributed by atoms with Crippen molar-refractivity contribution < 1.29 is 27.6 Å². The number of carbonyl (C=O) groups excluding carboxylic acids is 1. The van der Waals surface area contributed by atoms with Crippen molar-refractivity contribution in [2.45, 2.75) is 6.18 Å². The summed E-state index contributed by atoms with van der Waals surface area (Å²) in [6.45, 7) is 1.58. The van der Waals surface area contributed by atoms with Crippen molar-refractivity contribution in [3.05, 3.63) is 47.5 Å². The van der Waals surface area contributed by atoms with Gasteiger partial charge < -0.3 is 9.80 Å². The summed E-state index contributed by atoms with van der Waals surface area (Å²) in [5, 5.41) is 8.56. The number of carbonyl (C=O) groups is 1. The number of hydrogen-bond acceptors (Lipinski definition) is 6. The lowest BCUT2D eigenvalue weighted by atomic mass is 10.1. The molecule has 1 amide bonds. The van der Waals surface area contributed by atoms with E-state index in [2.05, 4.69) is 9.97 Å². The highest BCUT2D eigenvalue weighted by Gasteiger charge is 2.32. The predicted molar refractivity (Wildman–Crippen MR) is 87.1 cm³/mol. The van der Waals surface area contributed by atoms with Crippen LogP contribution in [0.5, 0.6) is 0 Å². The maximum absolute atomic E-state index is 14.1. The van der Waals surface area contributed by atoms with Crippen LogP contribution in [0.2, 0.25) is 0 Å². The summed E-state index contributed by atoms with van der Waals surface area (Å²) >= 11 is 0. The average Bonchev–Trinajstić information content (AvgIpc) is 2.67. The van der Waals surface area contributed by atoms with Crippen LogP contribution in [0.15, 0.2) is 30.6 Å². The summed E-state index contributed by atoms with van der Waals surface area (Å²) < 4.78 is 52.0. The first kappa shape index (κ1) is 18.8. The second kappa shape index (κ2) is 7.35. The maximum atomic E-state index is 14.1. The van der Waals surface area contributed by atoms with Gasteiger partial charge in [0, 0.05) is 38.6 Å². The largest absolute Gasteiger partial charge is 0.416 e. The van der Waals surface area contributed by atoms with Crippen molar-refractivity contribution in [3.63, 3.8) is 0 Å². The predicted octanol–water partition coefficient (Wildman–Crippen LogP) is 2.08. The Morgan fingerprint density at radius 1 is 1.07 bits per heavy atom. The molecule has 1 aliphatic heterocycles. The molecule has 11 heteroatoms. The molecule has 2 N–H and O–H groups in total. The van der Waals surface area contributed by atoms with Gasteiger partial charge in [-0.1, -0.05) is 0 Å². The van der Waals surface area contributed by atoms with Crippen LogP contribution in [0.4, 0.5) is 29.2 Å². The third-order valence-electron chi connectivity index (χ3n) is 4.18. The van der Waals surface area contributed by atoms with E-state index in [9.17, 15) is 22.4 Å². The van der Waals surface area contributed by atoms with Crippen LogP contribution in [0.25, 0.3) is 0 Å². The molecule has 1 saturated heterocycles. The Morgan fingerprint density at radius 2 is 1.67 bits per heavy atom. The summed E-state index contributed by atoms with van der Waals surface area (Å²) in [6, 6.07) is 2.49. The smallest absolute Gasteiger partial charge is 0.366 e. The van der Waals surface area contributed by atoms with Gasteiger partial charge in [0.2, 0.25) is 5.95 Å². The molecule has 1 aromatic heterocycles. The molecule has 27 heavy (non-hydrogen) atoms. The lowest BCUT2D eigenvalue weighted by molar-refractivity contribution is -0.137. The molecule has 0 spiro atoms. The zero-order chi connectivity index (χ0) is 19.6. The van der Waals surface area contributed by atoms with E-state index in [0.717, 1.165) is 12.1 Å². The van der Waals surface area contributed by atoms with Crippen molar-refractivity contribution >= 4 is 17.5 Å². The third kappa shape index (κ3) is 4.08. The van der Waals surface area contributed by atoms with Crippen molar-refractivity contribution in [1.82, 2.24) is 15.4 Å². The van der Waals surface area contributed by atoms with E-state index in [4.69, 9.17) is 5.21 Å². The number of benzene rings is 1. The van der Waals surface area contributed by atoms with E-state index in [1.807, 2.05) is 0 Å². The van der Waals surface area contributed by atoms with Gasteiger partial charge in [0.25, 0.3) is 5.91 Å². The molecule has 0 saturated carbocycles. The molecule has 144 valence electrons. The number of rotatable bonds is 3. The van der Waals surface area contributed by atoms with Gasteiger partial charge in [0.15, 0.2) is 0 Å². The number of hydroxylamine groups is 1. The lowest BCUT2D eigenvalue weighted by Crippen LogP contribution is -2.47. The van der Waals surface area contributed by atoms with Crippen LogP contribution in [0.3, 0.4) is 0 Å². The van der Waals surface area contributed by atoms with Crippen LogP contribution >= 0.6 is 0 Å². The molecular weight excluding hydrogens is 370 g/mol. The van der Waals surface area contributed by atoms with E-state index in [0.29, 0.717) is 38.2 Å². The molecule has 7 nitrogen and oxygen atoms in total. The number of nitrogens with one attached hydrogen (secondary N) is 1. The van der Waals surface area contributed by atoms with E-state index >= 15 is 0 Å². The zero-order valence-corrected chi connectivity index (χ0v) is 13.9. The minimum Gasteiger partial charge on any atom is -0.366 e. The quantitative estimate of drug-likeness (QED) is 0.478. The molecule has 0 atom stereocenters. The number of piperazine rings is 1. The van der Waals surface area contributed by atoms with E-state index < -0.39 is 23.5 Å². The molecule has 1 fully saturated rings. The Hall–Kier alpha value is -2.95. The molecule has 2 aromatic rings. The van der Waals surface area contributed by atoms with Gasteiger partial charge in [-0.2, -0.15) is 13.2 Å². The Bertz CT molecular complexity index is 821. The zero-order valence-electron chi connectivity index (χ0n) is 13.9. The Labute approximate surface area is 151 Å². The fourth-order valence-corrected chi connectivity index (χ4v) is 2.75. The summed E-state index contributed by atoms with van der Waals surface area (Å²) in [5.74, 6) is -1.30. The highest BCUT2D eigenvalue weighted by atomic mass is 19.4. The number of nitrogens with zero attached hydrogens (tertiary/aromatic N) is 4. The lowest BCUT2D eigenvalue weighted by Gasteiger charge is -2.36.